The monoisotopic (exact) mass is 437 g/mol. The molecule has 146 valence electrons. The van der Waals surface area contributed by atoms with Crippen LogP contribution in [0, 0.1) is 0 Å². The lowest BCUT2D eigenvalue weighted by atomic mass is 10.2. The van der Waals surface area contributed by atoms with Crippen molar-refractivity contribution in [1.29, 1.82) is 0 Å². The van der Waals surface area contributed by atoms with Gasteiger partial charge in [0.2, 0.25) is 11.1 Å². The molecular weight excluding hydrogens is 421 g/mol. The first-order valence-electron chi connectivity index (χ1n) is 8.17. The third kappa shape index (κ3) is 4.70. The van der Waals surface area contributed by atoms with Crippen molar-refractivity contribution < 1.29 is 9.53 Å². The fraction of sp³-hybridized carbons (Fsp3) is 0.167. The Labute approximate surface area is 176 Å². The quantitative estimate of drug-likeness (QED) is 0.434. The molecule has 3 N–H and O–H groups in total. The number of carbonyl (C=O) groups is 1. The number of aromatic nitrogens is 3. The van der Waals surface area contributed by atoms with Crippen LogP contribution in [0.15, 0.2) is 47.6 Å². The lowest BCUT2D eigenvalue weighted by molar-refractivity contribution is -0.118. The van der Waals surface area contributed by atoms with E-state index in [1.807, 2.05) is 24.3 Å². The van der Waals surface area contributed by atoms with E-state index in [2.05, 4.69) is 15.5 Å². The number of hydrogen-bond donors (Lipinski definition) is 2. The van der Waals surface area contributed by atoms with Gasteiger partial charge >= 0.3 is 0 Å². The van der Waals surface area contributed by atoms with Gasteiger partial charge in [-0.25, -0.2) is 4.68 Å². The van der Waals surface area contributed by atoms with Gasteiger partial charge in [0.15, 0.2) is 5.82 Å². The number of nitrogens with one attached hydrogen (secondary N) is 1. The molecule has 7 nitrogen and oxygen atoms in total. The SMILES string of the molecule is COc1ccccc1-c1nnc(SCC(=O)NCc2ccc(Cl)cc2Cl)n1N. The Balaban J connectivity index is 1.60. The summed E-state index contributed by atoms with van der Waals surface area (Å²) in [5, 5.41) is 12.4. The summed E-state index contributed by atoms with van der Waals surface area (Å²) in [6, 6.07) is 12.5. The molecular formula is C18H17Cl2N5O2S. The third-order valence-corrected chi connectivity index (χ3v) is 5.37. The van der Waals surface area contributed by atoms with Crippen LogP contribution in [0.4, 0.5) is 0 Å². The number of carbonyl (C=O) groups excluding carboxylic acids is 1. The fourth-order valence-electron chi connectivity index (χ4n) is 2.43. The molecule has 1 aromatic heterocycles. The second-order valence-corrected chi connectivity index (χ2v) is 7.46. The molecule has 0 atom stereocenters. The van der Waals surface area contributed by atoms with Crippen LogP contribution in [-0.4, -0.2) is 33.6 Å². The Morgan fingerprint density at radius 1 is 1.25 bits per heavy atom. The predicted octanol–water partition coefficient (Wildman–Crippen LogP) is 3.38. The van der Waals surface area contributed by atoms with Gasteiger partial charge in [0.25, 0.3) is 0 Å². The minimum Gasteiger partial charge on any atom is -0.496 e. The van der Waals surface area contributed by atoms with Crippen molar-refractivity contribution in [1.82, 2.24) is 20.2 Å². The van der Waals surface area contributed by atoms with E-state index in [-0.39, 0.29) is 11.7 Å². The van der Waals surface area contributed by atoms with Gasteiger partial charge in [-0.05, 0) is 29.8 Å². The van der Waals surface area contributed by atoms with Crippen molar-refractivity contribution >= 4 is 40.9 Å². The summed E-state index contributed by atoms with van der Waals surface area (Å²) < 4.78 is 6.67. The summed E-state index contributed by atoms with van der Waals surface area (Å²) >= 11 is 13.2. The number of benzene rings is 2. The Kier molecular flexibility index (Phi) is 6.66. The molecule has 0 radical (unpaired) electrons. The maximum atomic E-state index is 12.1. The van der Waals surface area contributed by atoms with Crippen molar-refractivity contribution in [3.05, 3.63) is 58.1 Å². The molecule has 28 heavy (non-hydrogen) atoms. The number of para-hydroxylation sites is 1. The van der Waals surface area contributed by atoms with Gasteiger partial charge in [0, 0.05) is 16.6 Å². The maximum absolute atomic E-state index is 12.1. The zero-order valence-corrected chi connectivity index (χ0v) is 17.2. The van der Waals surface area contributed by atoms with E-state index in [0.29, 0.717) is 38.9 Å². The van der Waals surface area contributed by atoms with E-state index in [9.17, 15) is 4.79 Å². The number of thioether (sulfide) groups is 1. The highest BCUT2D eigenvalue weighted by atomic mass is 35.5. The molecule has 3 aromatic rings. The molecule has 0 aliphatic heterocycles. The molecule has 0 fully saturated rings. The number of methoxy groups -OCH3 is 1. The average Bonchev–Trinajstić information content (AvgIpc) is 3.06. The van der Waals surface area contributed by atoms with Gasteiger partial charge in [-0.15, -0.1) is 10.2 Å². The molecule has 0 saturated carbocycles. The number of nitrogen functional groups attached to an aromatic ring is 1. The summed E-state index contributed by atoms with van der Waals surface area (Å²) in [5.74, 6) is 7.13. The topological polar surface area (TPSA) is 95.1 Å². The van der Waals surface area contributed by atoms with Crippen molar-refractivity contribution in [2.24, 2.45) is 0 Å². The third-order valence-electron chi connectivity index (χ3n) is 3.84. The van der Waals surface area contributed by atoms with Crippen molar-refractivity contribution in [3.8, 4) is 17.1 Å². The lowest BCUT2D eigenvalue weighted by Gasteiger charge is -2.08. The number of rotatable bonds is 7. The van der Waals surface area contributed by atoms with Gasteiger partial charge in [0.05, 0.1) is 18.4 Å². The number of hydrogen-bond acceptors (Lipinski definition) is 6. The zero-order chi connectivity index (χ0) is 20.1. The van der Waals surface area contributed by atoms with Gasteiger partial charge in [-0.2, -0.15) is 0 Å². The molecule has 1 heterocycles. The number of nitrogens with zero attached hydrogens (tertiary/aromatic N) is 3. The molecule has 1 amide bonds. The fourth-order valence-corrected chi connectivity index (χ4v) is 3.59. The second kappa shape index (κ2) is 9.18. The van der Waals surface area contributed by atoms with E-state index in [1.165, 1.54) is 16.4 Å². The lowest BCUT2D eigenvalue weighted by Crippen LogP contribution is -2.25. The molecule has 0 unspecified atom stereocenters. The van der Waals surface area contributed by atoms with Crippen molar-refractivity contribution in [3.63, 3.8) is 0 Å². The summed E-state index contributed by atoms with van der Waals surface area (Å²) in [7, 11) is 1.57. The first-order chi connectivity index (χ1) is 13.5. The van der Waals surface area contributed by atoms with Crippen LogP contribution in [0.5, 0.6) is 5.75 Å². The first kappa shape index (κ1) is 20.3. The highest BCUT2D eigenvalue weighted by Crippen LogP contribution is 2.29. The van der Waals surface area contributed by atoms with Gasteiger partial charge < -0.3 is 15.9 Å². The Hall–Kier alpha value is -2.42. The average molecular weight is 438 g/mol. The standard InChI is InChI=1S/C18H17Cl2N5O2S/c1-27-15-5-3-2-4-13(15)17-23-24-18(25(17)21)28-10-16(26)22-9-11-6-7-12(19)8-14(11)20/h2-8H,9-10,21H2,1H3,(H,22,26). The minimum atomic E-state index is -0.183. The molecule has 0 bridgehead atoms. The Morgan fingerprint density at radius 2 is 2.04 bits per heavy atom. The Morgan fingerprint density at radius 3 is 2.79 bits per heavy atom. The van der Waals surface area contributed by atoms with E-state index in [0.717, 1.165) is 5.56 Å². The summed E-state index contributed by atoms with van der Waals surface area (Å²) in [6.07, 6.45) is 0. The number of nitrogens with two attached hydrogens (primary N) is 1. The van der Waals surface area contributed by atoms with Gasteiger partial charge in [-0.3, -0.25) is 4.79 Å². The van der Waals surface area contributed by atoms with Gasteiger partial charge in [0.1, 0.15) is 5.75 Å². The summed E-state index contributed by atoms with van der Waals surface area (Å²) in [6.45, 7) is 0.303. The highest BCUT2D eigenvalue weighted by Gasteiger charge is 2.16. The summed E-state index contributed by atoms with van der Waals surface area (Å²) in [5.41, 5.74) is 1.50. The van der Waals surface area contributed by atoms with Crippen molar-refractivity contribution in [2.45, 2.75) is 11.7 Å². The van der Waals surface area contributed by atoms with Gasteiger partial charge in [-0.1, -0.05) is 53.2 Å². The van der Waals surface area contributed by atoms with Crippen molar-refractivity contribution in [2.75, 3.05) is 18.7 Å². The highest BCUT2D eigenvalue weighted by molar-refractivity contribution is 7.99. The smallest absolute Gasteiger partial charge is 0.230 e. The predicted molar refractivity (Wildman–Crippen MR) is 111 cm³/mol. The number of ether oxygens (including phenoxy) is 1. The molecule has 0 saturated heterocycles. The van der Waals surface area contributed by atoms with Crippen LogP contribution < -0.4 is 15.9 Å². The first-order valence-corrected chi connectivity index (χ1v) is 9.91. The Bertz CT molecular complexity index is 996. The van der Waals surface area contributed by atoms with Crippen LogP contribution in [0.25, 0.3) is 11.4 Å². The van der Waals surface area contributed by atoms with E-state index < -0.39 is 0 Å². The molecule has 0 spiro atoms. The minimum absolute atomic E-state index is 0.131. The molecule has 10 heteroatoms. The van der Waals surface area contributed by atoms with Crippen LogP contribution in [0.3, 0.4) is 0 Å². The number of amides is 1. The van der Waals surface area contributed by atoms with Crippen LogP contribution in [0.1, 0.15) is 5.56 Å². The number of halogens is 2. The van der Waals surface area contributed by atoms with Crippen LogP contribution in [-0.2, 0) is 11.3 Å². The maximum Gasteiger partial charge on any atom is 0.230 e. The molecule has 2 aromatic carbocycles. The van der Waals surface area contributed by atoms with Crippen LogP contribution >= 0.6 is 35.0 Å². The van der Waals surface area contributed by atoms with E-state index in [4.69, 9.17) is 33.8 Å². The van der Waals surface area contributed by atoms with E-state index >= 15 is 0 Å². The normalized spacial score (nSPS) is 10.7. The molecule has 0 aliphatic carbocycles. The second-order valence-electron chi connectivity index (χ2n) is 5.68. The zero-order valence-electron chi connectivity index (χ0n) is 14.9. The molecule has 0 aliphatic rings. The van der Waals surface area contributed by atoms with Crippen LogP contribution in [0.2, 0.25) is 10.0 Å². The van der Waals surface area contributed by atoms with E-state index in [1.54, 1.807) is 25.3 Å². The molecule has 3 rings (SSSR count). The largest absolute Gasteiger partial charge is 0.496 e. The summed E-state index contributed by atoms with van der Waals surface area (Å²) in [4.78, 5) is 12.1.